The summed E-state index contributed by atoms with van der Waals surface area (Å²) in [6.45, 7) is 8.36. The lowest BCUT2D eigenvalue weighted by molar-refractivity contribution is -0.209. The van der Waals surface area contributed by atoms with Crippen molar-refractivity contribution in [3.8, 4) is 0 Å². The fourth-order valence-corrected chi connectivity index (χ4v) is 9.00. The lowest BCUT2D eigenvalue weighted by atomic mass is 9.43. The smallest absolute Gasteiger partial charge is 0.321 e. The van der Waals surface area contributed by atoms with Gasteiger partial charge in [-0.05, 0) is 93.8 Å². The molecule has 7 heteroatoms. The average Bonchev–Trinajstić information content (AvgIpc) is 3.10. The Bertz CT molecular complexity index is 817. The first-order valence-electron chi connectivity index (χ1n) is 12.5. The zero-order valence-corrected chi connectivity index (χ0v) is 21.8. The molecule has 4 aliphatic rings. The Kier molecular flexibility index (Phi) is 6.90. The van der Waals surface area contributed by atoms with Gasteiger partial charge in [-0.3, -0.25) is 14.4 Å². The molecule has 4 aliphatic carbocycles. The van der Waals surface area contributed by atoms with Crippen molar-refractivity contribution in [1.82, 2.24) is 0 Å². The first-order chi connectivity index (χ1) is 15.5. The summed E-state index contributed by atoms with van der Waals surface area (Å²) >= 11 is 11.6. The van der Waals surface area contributed by atoms with Crippen LogP contribution in [0.3, 0.4) is 0 Å². The molecule has 0 heterocycles. The number of carbonyl (C=O) groups is 3. The van der Waals surface area contributed by atoms with E-state index >= 15 is 0 Å². The summed E-state index contributed by atoms with van der Waals surface area (Å²) in [6.07, 6.45) is 7.13. The molecule has 4 rings (SSSR count). The van der Waals surface area contributed by atoms with Gasteiger partial charge in [0.15, 0.2) is 0 Å². The van der Waals surface area contributed by atoms with Crippen molar-refractivity contribution in [2.24, 2.45) is 40.4 Å². The number of ketones is 1. The zero-order chi connectivity index (χ0) is 24.2. The van der Waals surface area contributed by atoms with Gasteiger partial charge < -0.3 is 9.47 Å². The number of fused-ring (bicyclic) bond motifs is 5. The predicted molar refractivity (Wildman–Crippen MR) is 127 cm³/mol. The number of carbonyl (C=O) groups excluding carboxylic acids is 3. The summed E-state index contributed by atoms with van der Waals surface area (Å²) in [7, 11) is 0. The van der Waals surface area contributed by atoms with Crippen LogP contribution in [0.4, 0.5) is 0 Å². The number of Topliss-reactive ketones (excluding diaryl/α,β-unsaturated/α-hetero) is 1. The van der Waals surface area contributed by atoms with Gasteiger partial charge in [0.1, 0.15) is 29.2 Å². The molecule has 0 amide bonds. The maximum atomic E-state index is 12.5. The number of hydrogen-bond acceptors (Lipinski definition) is 5. The van der Waals surface area contributed by atoms with Crippen molar-refractivity contribution in [3.63, 3.8) is 0 Å². The Balaban J connectivity index is 1.66. The number of halogens is 2. The average molecular weight is 501 g/mol. The van der Waals surface area contributed by atoms with E-state index in [1.54, 1.807) is 6.92 Å². The minimum atomic E-state index is -0.498. The van der Waals surface area contributed by atoms with Crippen LogP contribution >= 0.6 is 23.2 Å². The summed E-state index contributed by atoms with van der Waals surface area (Å²) in [5.41, 5.74) is -0.642. The van der Waals surface area contributed by atoms with E-state index in [0.717, 1.165) is 51.4 Å². The van der Waals surface area contributed by atoms with E-state index in [0.29, 0.717) is 17.8 Å². The second-order valence-corrected chi connectivity index (χ2v) is 12.5. The van der Waals surface area contributed by atoms with Crippen LogP contribution in [0, 0.1) is 40.4 Å². The molecule has 4 fully saturated rings. The van der Waals surface area contributed by atoms with Gasteiger partial charge >= 0.3 is 11.9 Å². The molecule has 0 aromatic heterocycles. The van der Waals surface area contributed by atoms with Crippen molar-refractivity contribution >= 4 is 40.9 Å². The number of rotatable bonds is 5. The van der Waals surface area contributed by atoms with Gasteiger partial charge in [-0.25, -0.2) is 0 Å². The predicted octanol–water partition coefficient (Wildman–Crippen LogP) is 5.54. The molecule has 3 unspecified atom stereocenters. The van der Waals surface area contributed by atoms with Crippen LogP contribution in [0.15, 0.2) is 0 Å². The molecule has 0 spiro atoms. The van der Waals surface area contributed by atoms with E-state index < -0.39 is 5.60 Å². The molecule has 9 atom stereocenters. The van der Waals surface area contributed by atoms with Crippen LogP contribution in [-0.2, 0) is 23.9 Å². The van der Waals surface area contributed by atoms with Crippen molar-refractivity contribution in [2.45, 2.75) is 90.8 Å². The minimum absolute atomic E-state index is 0.0112. The van der Waals surface area contributed by atoms with Crippen LogP contribution in [0.25, 0.3) is 0 Å². The van der Waals surface area contributed by atoms with Gasteiger partial charge in [0.05, 0.1) is 0 Å². The SMILES string of the molecule is CC(=O)[C@H]1CC[C@H]2[C@@H]3CCC4CC(C)(OC(=O)CCl)CC[C@]4(C)[C@H]3C(OC(=O)CCl)C[C@]12C. The van der Waals surface area contributed by atoms with Crippen molar-refractivity contribution in [3.05, 3.63) is 0 Å². The summed E-state index contributed by atoms with van der Waals surface area (Å²) in [4.78, 5) is 36.9. The highest BCUT2D eigenvalue weighted by atomic mass is 35.5. The summed E-state index contributed by atoms with van der Waals surface area (Å²) in [6, 6.07) is 0. The van der Waals surface area contributed by atoms with Gasteiger partial charge in [-0.15, -0.1) is 23.2 Å². The standard InChI is InChI=1S/C26H38Cl2O5/c1-15(29)18-7-8-19-17-6-5-16-11-24(2,33-22(31)14-28)9-10-25(16,3)23(17)20(12-26(18,19)4)32-21(30)13-27/h16-20,23H,5-14H2,1-4H3/t16?,17-,18+,19-,20?,23+,24?,25-,26+/m0/s1. The Labute approximate surface area is 207 Å². The molecule has 186 valence electrons. The first-order valence-corrected chi connectivity index (χ1v) is 13.6. The molecule has 0 saturated heterocycles. The van der Waals surface area contributed by atoms with Crippen molar-refractivity contribution in [2.75, 3.05) is 11.8 Å². The largest absolute Gasteiger partial charge is 0.461 e. The Morgan fingerprint density at radius 3 is 2.21 bits per heavy atom. The molecular weight excluding hydrogens is 463 g/mol. The highest BCUT2D eigenvalue weighted by Gasteiger charge is 2.65. The van der Waals surface area contributed by atoms with E-state index in [1.165, 1.54) is 0 Å². The van der Waals surface area contributed by atoms with Crippen molar-refractivity contribution in [1.29, 1.82) is 0 Å². The van der Waals surface area contributed by atoms with Crippen LogP contribution in [0.5, 0.6) is 0 Å². The Morgan fingerprint density at radius 1 is 0.879 bits per heavy atom. The van der Waals surface area contributed by atoms with Crippen LogP contribution in [0.1, 0.15) is 79.1 Å². The topological polar surface area (TPSA) is 69.7 Å². The number of hydrogen-bond donors (Lipinski definition) is 0. The van der Waals surface area contributed by atoms with Crippen LogP contribution in [-0.4, -0.2) is 41.2 Å². The fourth-order valence-electron chi connectivity index (χ4n) is 8.88. The van der Waals surface area contributed by atoms with Crippen LogP contribution in [0.2, 0.25) is 0 Å². The van der Waals surface area contributed by atoms with Crippen LogP contribution < -0.4 is 0 Å². The molecule has 0 aliphatic heterocycles. The summed E-state index contributed by atoms with van der Waals surface area (Å²) in [5, 5.41) is 0. The Morgan fingerprint density at radius 2 is 1.58 bits per heavy atom. The van der Waals surface area contributed by atoms with E-state index in [-0.39, 0.29) is 58.3 Å². The quantitative estimate of drug-likeness (QED) is 0.366. The molecule has 0 radical (unpaired) electrons. The maximum Gasteiger partial charge on any atom is 0.321 e. The third-order valence-electron chi connectivity index (χ3n) is 10.2. The number of alkyl halides is 2. The summed E-state index contributed by atoms with van der Waals surface area (Å²) < 4.78 is 11.9. The lowest BCUT2D eigenvalue weighted by Gasteiger charge is -2.63. The molecule has 0 N–H and O–H groups in total. The first kappa shape index (κ1) is 25.3. The fraction of sp³-hybridized carbons (Fsp3) is 0.885. The molecule has 33 heavy (non-hydrogen) atoms. The number of ether oxygens (including phenoxy) is 2. The molecule has 4 saturated carbocycles. The second-order valence-electron chi connectivity index (χ2n) is 12.0. The molecule has 0 aromatic carbocycles. The maximum absolute atomic E-state index is 12.5. The minimum Gasteiger partial charge on any atom is -0.461 e. The number of esters is 2. The van der Waals surface area contributed by atoms with E-state index in [2.05, 4.69) is 13.8 Å². The van der Waals surface area contributed by atoms with Gasteiger partial charge in [0.2, 0.25) is 0 Å². The normalized spacial score (nSPS) is 46.5. The molecule has 0 aromatic rings. The van der Waals surface area contributed by atoms with E-state index in [9.17, 15) is 14.4 Å². The van der Waals surface area contributed by atoms with E-state index in [4.69, 9.17) is 32.7 Å². The highest BCUT2D eigenvalue weighted by molar-refractivity contribution is 6.26. The van der Waals surface area contributed by atoms with Gasteiger partial charge in [0, 0.05) is 11.8 Å². The molecule has 5 nitrogen and oxygen atoms in total. The van der Waals surface area contributed by atoms with Gasteiger partial charge in [-0.1, -0.05) is 13.8 Å². The van der Waals surface area contributed by atoms with E-state index in [1.807, 2.05) is 6.92 Å². The lowest BCUT2D eigenvalue weighted by Crippen LogP contribution is -2.61. The monoisotopic (exact) mass is 500 g/mol. The highest BCUT2D eigenvalue weighted by Crippen LogP contribution is 2.68. The Hall–Kier alpha value is -0.810. The molecule has 0 bridgehead atoms. The molecular formula is C26H38Cl2O5. The van der Waals surface area contributed by atoms with Gasteiger partial charge in [0.25, 0.3) is 0 Å². The zero-order valence-electron chi connectivity index (χ0n) is 20.3. The third kappa shape index (κ3) is 4.24. The second kappa shape index (κ2) is 9.00. The summed E-state index contributed by atoms with van der Waals surface area (Å²) in [5.74, 6) is 0.799. The third-order valence-corrected chi connectivity index (χ3v) is 10.6. The van der Waals surface area contributed by atoms with Gasteiger partial charge in [-0.2, -0.15) is 0 Å². The van der Waals surface area contributed by atoms with Crippen molar-refractivity contribution < 1.29 is 23.9 Å².